The first-order chi connectivity index (χ1) is 13.6. The van der Waals surface area contributed by atoms with Gasteiger partial charge in [-0.15, -0.1) is 0 Å². The third kappa shape index (κ3) is 4.75. The van der Waals surface area contributed by atoms with Crippen LogP contribution in [0.1, 0.15) is 36.8 Å². The first-order valence-corrected chi connectivity index (χ1v) is 10.1. The lowest BCUT2D eigenvalue weighted by Gasteiger charge is -2.18. The molecule has 1 aliphatic carbocycles. The average Bonchev–Trinajstić information content (AvgIpc) is 3.43. The summed E-state index contributed by atoms with van der Waals surface area (Å²) in [5, 5.41) is 4.53. The van der Waals surface area contributed by atoms with Crippen LogP contribution in [0, 0.1) is 5.92 Å². The standard InChI is InChI=1S/C22H20Cl2N2O2/c23-17-7-3-14(4-8-17)19-13-25-21(28-19)12-11-20(27)26-22(15-1-2-15)16-5-9-18(24)10-6-16/h3-10,13,15,22H,1-2,11-12H2,(H,26,27). The molecule has 1 aromatic heterocycles. The van der Waals surface area contributed by atoms with Gasteiger partial charge in [-0.2, -0.15) is 0 Å². The van der Waals surface area contributed by atoms with E-state index < -0.39 is 0 Å². The van der Waals surface area contributed by atoms with Crippen LogP contribution in [-0.2, 0) is 11.2 Å². The van der Waals surface area contributed by atoms with Crippen LogP contribution in [0.2, 0.25) is 10.0 Å². The van der Waals surface area contributed by atoms with Gasteiger partial charge in [0.1, 0.15) is 0 Å². The number of oxazole rings is 1. The second-order valence-electron chi connectivity index (χ2n) is 7.06. The summed E-state index contributed by atoms with van der Waals surface area (Å²) >= 11 is 11.9. The third-order valence-corrected chi connectivity index (χ3v) is 5.39. The van der Waals surface area contributed by atoms with Crippen molar-refractivity contribution in [3.8, 4) is 11.3 Å². The number of amides is 1. The largest absolute Gasteiger partial charge is 0.441 e. The number of nitrogens with one attached hydrogen (secondary N) is 1. The normalized spacial score (nSPS) is 14.6. The molecule has 2 aromatic carbocycles. The lowest BCUT2D eigenvalue weighted by Crippen LogP contribution is -2.30. The van der Waals surface area contributed by atoms with Gasteiger partial charge in [0, 0.05) is 28.5 Å². The van der Waals surface area contributed by atoms with Gasteiger partial charge in [-0.25, -0.2) is 4.98 Å². The number of rotatable bonds is 7. The van der Waals surface area contributed by atoms with Crippen molar-refractivity contribution in [3.63, 3.8) is 0 Å². The fourth-order valence-electron chi connectivity index (χ4n) is 3.21. The third-order valence-electron chi connectivity index (χ3n) is 4.89. The Morgan fingerprint density at radius 2 is 1.71 bits per heavy atom. The molecule has 1 fully saturated rings. The molecule has 0 saturated heterocycles. The number of benzene rings is 2. The number of halogens is 2. The molecule has 144 valence electrons. The summed E-state index contributed by atoms with van der Waals surface area (Å²) in [6.07, 6.45) is 4.74. The van der Waals surface area contributed by atoms with E-state index in [0.29, 0.717) is 40.5 Å². The predicted molar refractivity (Wildman–Crippen MR) is 110 cm³/mol. The molecule has 6 heteroatoms. The van der Waals surface area contributed by atoms with Gasteiger partial charge in [-0.1, -0.05) is 35.3 Å². The highest BCUT2D eigenvalue weighted by Crippen LogP contribution is 2.41. The van der Waals surface area contributed by atoms with Crippen LogP contribution < -0.4 is 5.32 Å². The minimum Gasteiger partial charge on any atom is -0.441 e. The monoisotopic (exact) mass is 414 g/mol. The van der Waals surface area contributed by atoms with Gasteiger partial charge in [-0.05, 0) is 60.7 Å². The van der Waals surface area contributed by atoms with E-state index in [1.54, 1.807) is 18.3 Å². The van der Waals surface area contributed by atoms with E-state index in [1.807, 2.05) is 36.4 Å². The zero-order chi connectivity index (χ0) is 19.5. The average molecular weight is 415 g/mol. The molecule has 1 heterocycles. The van der Waals surface area contributed by atoms with Crippen LogP contribution in [0.15, 0.2) is 59.1 Å². The summed E-state index contributed by atoms with van der Waals surface area (Å²) in [5.41, 5.74) is 2.01. The van der Waals surface area contributed by atoms with Gasteiger partial charge in [0.25, 0.3) is 0 Å². The summed E-state index contributed by atoms with van der Waals surface area (Å²) in [4.78, 5) is 16.8. The first-order valence-electron chi connectivity index (χ1n) is 9.34. The lowest BCUT2D eigenvalue weighted by atomic mass is 10.0. The maximum atomic E-state index is 12.5. The van der Waals surface area contributed by atoms with Gasteiger partial charge in [0.05, 0.1) is 12.2 Å². The summed E-state index contributed by atoms with van der Waals surface area (Å²) < 4.78 is 5.77. The van der Waals surface area contributed by atoms with Crippen molar-refractivity contribution in [3.05, 3.63) is 76.2 Å². The van der Waals surface area contributed by atoms with Crippen molar-refractivity contribution in [2.24, 2.45) is 5.92 Å². The number of aromatic nitrogens is 1. The number of carbonyl (C=O) groups is 1. The minimum absolute atomic E-state index is 0.00177. The molecule has 1 N–H and O–H groups in total. The van der Waals surface area contributed by atoms with Gasteiger partial charge in [0.15, 0.2) is 11.7 Å². The Balaban J connectivity index is 1.35. The van der Waals surface area contributed by atoms with Crippen LogP contribution in [-0.4, -0.2) is 10.9 Å². The molecule has 1 aliphatic rings. The smallest absolute Gasteiger partial charge is 0.221 e. The van der Waals surface area contributed by atoms with Crippen molar-refractivity contribution in [1.29, 1.82) is 0 Å². The van der Waals surface area contributed by atoms with E-state index in [2.05, 4.69) is 10.3 Å². The molecule has 1 atom stereocenters. The number of aryl methyl sites for hydroxylation is 1. The van der Waals surface area contributed by atoms with E-state index in [9.17, 15) is 4.79 Å². The van der Waals surface area contributed by atoms with Crippen LogP contribution in [0.3, 0.4) is 0 Å². The second-order valence-corrected chi connectivity index (χ2v) is 7.93. The van der Waals surface area contributed by atoms with Crippen LogP contribution in [0.4, 0.5) is 0 Å². The van der Waals surface area contributed by atoms with E-state index in [4.69, 9.17) is 27.6 Å². The zero-order valence-corrected chi connectivity index (χ0v) is 16.7. The Hall–Kier alpha value is -2.30. The van der Waals surface area contributed by atoms with Crippen LogP contribution >= 0.6 is 23.2 Å². The maximum Gasteiger partial charge on any atom is 0.221 e. The molecule has 4 rings (SSSR count). The van der Waals surface area contributed by atoms with Gasteiger partial charge in [0.2, 0.25) is 5.91 Å². The summed E-state index contributed by atoms with van der Waals surface area (Å²) in [7, 11) is 0. The Morgan fingerprint density at radius 1 is 1.07 bits per heavy atom. The highest BCUT2D eigenvalue weighted by Gasteiger charge is 2.33. The highest BCUT2D eigenvalue weighted by molar-refractivity contribution is 6.30. The molecule has 0 aliphatic heterocycles. The Labute approximate surface area is 173 Å². The van der Waals surface area contributed by atoms with Crippen molar-refractivity contribution in [1.82, 2.24) is 10.3 Å². The van der Waals surface area contributed by atoms with Gasteiger partial charge in [-0.3, -0.25) is 4.79 Å². The Bertz CT molecular complexity index is 947. The number of hydrogen-bond acceptors (Lipinski definition) is 3. The highest BCUT2D eigenvalue weighted by atomic mass is 35.5. The molecule has 0 spiro atoms. The second kappa shape index (κ2) is 8.38. The van der Waals surface area contributed by atoms with Crippen molar-refractivity contribution < 1.29 is 9.21 Å². The Kier molecular flexibility index (Phi) is 5.69. The molecule has 3 aromatic rings. The fraction of sp³-hybridized carbons (Fsp3) is 0.273. The fourth-order valence-corrected chi connectivity index (χ4v) is 3.46. The van der Waals surface area contributed by atoms with Crippen LogP contribution in [0.25, 0.3) is 11.3 Å². The molecular weight excluding hydrogens is 395 g/mol. The summed E-state index contributed by atoms with van der Waals surface area (Å²) in [6, 6.07) is 15.1. The van der Waals surface area contributed by atoms with E-state index in [-0.39, 0.29) is 11.9 Å². The SMILES string of the molecule is O=C(CCc1ncc(-c2ccc(Cl)cc2)o1)NC(c1ccc(Cl)cc1)C1CC1. The summed E-state index contributed by atoms with van der Waals surface area (Å²) in [6.45, 7) is 0. The number of nitrogens with zero attached hydrogens (tertiary/aromatic N) is 1. The van der Waals surface area contributed by atoms with Crippen LogP contribution in [0.5, 0.6) is 0 Å². The molecule has 1 amide bonds. The molecule has 0 radical (unpaired) electrons. The van der Waals surface area contributed by atoms with Gasteiger partial charge < -0.3 is 9.73 Å². The topological polar surface area (TPSA) is 55.1 Å². The summed E-state index contributed by atoms with van der Waals surface area (Å²) in [5.74, 6) is 1.72. The molecular formula is C22H20Cl2N2O2. The van der Waals surface area contributed by atoms with E-state index in [0.717, 1.165) is 24.0 Å². The van der Waals surface area contributed by atoms with Crippen molar-refractivity contribution in [2.75, 3.05) is 0 Å². The van der Waals surface area contributed by atoms with Gasteiger partial charge >= 0.3 is 0 Å². The minimum atomic E-state index is -0.00177. The molecule has 28 heavy (non-hydrogen) atoms. The van der Waals surface area contributed by atoms with Crippen molar-refractivity contribution in [2.45, 2.75) is 31.7 Å². The zero-order valence-electron chi connectivity index (χ0n) is 15.2. The lowest BCUT2D eigenvalue weighted by molar-refractivity contribution is -0.122. The van der Waals surface area contributed by atoms with E-state index >= 15 is 0 Å². The molecule has 1 saturated carbocycles. The molecule has 4 nitrogen and oxygen atoms in total. The Morgan fingerprint density at radius 3 is 2.36 bits per heavy atom. The van der Waals surface area contributed by atoms with E-state index in [1.165, 1.54) is 0 Å². The maximum absolute atomic E-state index is 12.5. The number of carbonyl (C=O) groups excluding carboxylic acids is 1. The quantitative estimate of drug-likeness (QED) is 0.527. The van der Waals surface area contributed by atoms with Crippen molar-refractivity contribution >= 4 is 29.1 Å². The first kappa shape index (κ1) is 19.0. The number of hydrogen-bond donors (Lipinski definition) is 1. The molecule has 0 bridgehead atoms. The molecule has 1 unspecified atom stereocenters. The predicted octanol–water partition coefficient (Wildman–Crippen LogP) is 5.85.